The van der Waals surface area contributed by atoms with E-state index in [1.165, 1.54) is 22.5 Å². The van der Waals surface area contributed by atoms with Gasteiger partial charge in [0.25, 0.3) is 5.91 Å². The fourth-order valence-corrected chi connectivity index (χ4v) is 5.80. The number of aromatic hydroxyl groups is 1. The summed E-state index contributed by atoms with van der Waals surface area (Å²) in [6.07, 6.45) is 1.74. The second kappa shape index (κ2) is 6.48. The summed E-state index contributed by atoms with van der Waals surface area (Å²) in [6.45, 7) is 2.23. The molecule has 1 N–H and O–H groups in total. The van der Waals surface area contributed by atoms with E-state index >= 15 is 0 Å². The Balaban J connectivity index is 1.30. The molecule has 3 aliphatic rings. The van der Waals surface area contributed by atoms with E-state index in [0.29, 0.717) is 22.4 Å². The molecule has 0 unspecified atom stereocenters. The number of carbonyl (C=O) groups excluding carboxylic acids is 1. The standard InChI is InChI=1S/C23H19N3O3S/c27-20-18(15-6-2-4-8-17(15)24-20)19-21(28)25-22(30-19)26-11-9-23(10-12-26)16-7-3-1-5-14(16)13-29-23/h1-8,28H,9-13H2. The maximum Gasteiger partial charge on any atom is 0.279 e. The summed E-state index contributed by atoms with van der Waals surface area (Å²) in [5, 5.41) is 12.7. The van der Waals surface area contributed by atoms with Crippen molar-refractivity contribution in [3.63, 3.8) is 0 Å². The predicted molar refractivity (Wildman–Crippen MR) is 113 cm³/mol. The van der Waals surface area contributed by atoms with Crippen molar-refractivity contribution in [3.05, 3.63) is 75.1 Å². The van der Waals surface area contributed by atoms with Crippen LogP contribution in [0.5, 0.6) is 5.88 Å². The number of para-hydroxylation sites is 1. The molecule has 30 heavy (non-hydrogen) atoms. The SMILES string of the molecule is O=C1N=c2ccccc2=C1c1sc(N2CCC3(CC2)OCc2ccccc23)nc1O. The van der Waals surface area contributed by atoms with Gasteiger partial charge >= 0.3 is 0 Å². The Kier molecular flexibility index (Phi) is 3.85. The molecule has 1 aromatic heterocycles. The van der Waals surface area contributed by atoms with Gasteiger partial charge in [-0.1, -0.05) is 53.8 Å². The first kappa shape index (κ1) is 17.8. The van der Waals surface area contributed by atoms with E-state index in [4.69, 9.17) is 4.74 Å². The van der Waals surface area contributed by atoms with Crippen LogP contribution in [0.3, 0.4) is 0 Å². The third kappa shape index (κ3) is 2.55. The second-order valence-electron chi connectivity index (χ2n) is 7.89. The molecule has 150 valence electrons. The Labute approximate surface area is 176 Å². The number of benzene rings is 2. The average molecular weight is 417 g/mol. The highest BCUT2D eigenvalue weighted by atomic mass is 32.1. The van der Waals surface area contributed by atoms with Crippen molar-refractivity contribution in [1.29, 1.82) is 0 Å². The number of piperidine rings is 1. The second-order valence-corrected chi connectivity index (χ2v) is 8.86. The molecule has 1 spiro atoms. The summed E-state index contributed by atoms with van der Waals surface area (Å²) in [4.78, 5) is 23.6. The van der Waals surface area contributed by atoms with E-state index < -0.39 is 0 Å². The highest BCUT2D eigenvalue weighted by Gasteiger charge is 2.43. The van der Waals surface area contributed by atoms with Gasteiger partial charge in [0, 0.05) is 18.3 Å². The number of thiazole rings is 1. The lowest BCUT2D eigenvalue weighted by molar-refractivity contribution is -0.112. The maximum atomic E-state index is 12.5. The van der Waals surface area contributed by atoms with Gasteiger partial charge in [-0.05, 0) is 30.0 Å². The molecule has 3 aromatic rings. The number of aromatic nitrogens is 1. The lowest BCUT2D eigenvalue weighted by atomic mass is 9.84. The molecule has 6 rings (SSSR count). The largest absolute Gasteiger partial charge is 0.492 e. The quantitative estimate of drug-likeness (QED) is 0.692. The van der Waals surface area contributed by atoms with E-state index in [1.807, 2.05) is 24.3 Å². The van der Waals surface area contributed by atoms with Crippen molar-refractivity contribution < 1.29 is 14.6 Å². The molecule has 0 radical (unpaired) electrons. The molecule has 2 aromatic carbocycles. The van der Waals surface area contributed by atoms with Crippen molar-refractivity contribution in [3.8, 4) is 5.88 Å². The summed E-state index contributed by atoms with van der Waals surface area (Å²) in [5.74, 6) is -0.428. The number of ether oxygens (including phenoxy) is 1. The Morgan fingerprint density at radius 2 is 1.83 bits per heavy atom. The number of amides is 1. The van der Waals surface area contributed by atoms with Crippen LogP contribution in [0.1, 0.15) is 28.8 Å². The van der Waals surface area contributed by atoms with Crippen LogP contribution in [0.2, 0.25) is 0 Å². The van der Waals surface area contributed by atoms with Gasteiger partial charge in [0.15, 0.2) is 5.13 Å². The summed E-state index contributed by atoms with van der Waals surface area (Å²) >= 11 is 1.35. The lowest BCUT2D eigenvalue weighted by Crippen LogP contribution is -2.42. The molecular formula is C23H19N3O3S. The van der Waals surface area contributed by atoms with Crippen LogP contribution in [-0.4, -0.2) is 29.1 Å². The highest BCUT2D eigenvalue weighted by Crippen LogP contribution is 2.45. The number of fused-ring (bicyclic) bond motifs is 3. The molecule has 7 heteroatoms. The van der Waals surface area contributed by atoms with E-state index in [0.717, 1.165) is 36.3 Å². The van der Waals surface area contributed by atoms with Crippen LogP contribution >= 0.6 is 11.3 Å². The number of anilines is 1. The van der Waals surface area contributed by atoms with Gasteiger partial charge in [-0.2, -0.15) is 4.98 Å². The zero-order chi connectivity index (χ0) is 20.3. The van der Waals surface area contributed by atoms with Crippen LogP contribution in [0.4, 0.5) is 5.13 Å². The minimum Gasteiger partial charge on any atom is -0.492 e. The molecule has 6 nitrogen and oxygen atoms in total. The van der Waals surface area contributed by atoms with Crippen molar-refractivity contribution in [2.45, 2.75) is 25.0 Å². The van der Waals surface area contributed by atoms with Gasteiger partial charge in [-0.15, -0.1) is 0 Å². The molecule has 3 aliphatic heterocycles. The van der Waals surface area contributed by atoms with Crippen LogP contribution in [0, 0.1) is 0 Å². The average Bonchev–Trinajstić information content (AvgIpc) is 3.42. The molecule has 4 heterocycles. The monoisotopic (exact) mass is 417 g/mol. The van der Waals surface area contributed by atoms with Gasteiger partial charge in [-0.25, -0.2) is 4.99 Å². The van der Waals surface area contributed by atoms with Crippen molar-refractivity contribution >= 4 is 27.9 Å². The first-order chi connectivity index (χ1) is 14.6. The van der Waals surface area contributed by atoms with Crippen LogP contribution in [-0.2, 0) is 21.7 Å². The zero-order valence-electron chi connectivity index (χ0n) is 16.2. The number of nitrogens with zero attached hydrogens (tertiary/aromatic N) is 3. The minimum atomic E-state index is -0.324. The van der Waals surface area contributed by atoms with E-state index in [-0.39, 0.29) is 17.4 Å². The molecule has 1 amide bonds. The Morgan fingerprint density at radius 1 is 1.07 bits per heavy atom. The Hall–Kier alpha value is -3.03. The summed E-state index contributed by atoms with van der Waals surface area (Å²) in [6, 6.07) is 15.8. The van der Waals surface area contributed by atoms with E-state index in [2.05, 4.69) is 39.1 Å². The van der Waals surface area contributed by atoms with Gasteiger partial charge in [0.1, 0.15) is 4.88 Å². The summed E-state index contributed by atoms with van der Waals surface area (Å²) in [5.41, 5.74) is 2.80. The minimum absolute atomic E-state index is 0.104. The van der Waals surface area contributed by atoms with Crippen LogP contribution in [0.15, 0.2) is 53.5 Å². The van der Waals surface area contributed by atoms with Crippen molar-refractivity contribution in [2.24, 2.45) is 4.99 Å². The van der Waals surface area contributed by atoms with E-state index in [1.54, 1.807) is 0 Å². The Bertz CT molecular complexity index is 1310. The molecule has 0 atom stereocenters. The number of hydrogen-bond acceptors (Lipinski definition) is 6. The van der Waals surface area contributed by atoms with Gasteiger partial charge in [-0.3, -0.25) is 4.79 Å². The van der Waals surface area contributed by atoms with E-state index in [9.17, 15) is 9.90 Å². The third-order valence-electron chi connectivity index (χ3n) is 6.29. The Morgan fingerprint density at radius 3 is 2.70 bits per heavy atom. The normalized spacial score (nSPS) is 19.1. The lowest BCUT2D eigenvalue weighted by Gasteiger charge is -2.39. The smallest absolute Gasteiger partial charge is 0.279 e. The van der Waals surface area contributed by atoms with Gasteiger partial charge in [0.05, 0.1) is 23.1 Å². The van der Waals surface area contributed by atoms with Gasteiger partial charge < -0.3 is 14.7 Å². The first-order valence-electron chi connectivity index (χ1n) is 10.0. The maximum absolute atomic E-state index is 12.5. The third-order valence-corrected chi connectivity index (χ3v) is 7.41. The number of carbonyl (C=O) groups is 1. The molecule has 1 fully saturated rings. The van der Waals surface area contributed by atoms with Crippen molar-refractivity contribution in [1.82, 2.24) is 4.98 Å². The zero-order valence-corrected chi connectivity index (χ0v) is 17.0. The molecule has 0 bridgehead atoms. The molecule has 1 saturated heterocycles. The highest BCUT2D eigenvalue weighted by molar-refractivity contribution is 7.17. The molecular weight excluding hydrogens is 398 g/mol. The van der Waals surface area contributed by atoms with Crippen LogP contribution in [0.25, 0.3) is 5.57 Å². The summed E-state index contributed by atoms with van der Waals surface area (Å²) in [7, 11) is 0. The number of hydrogen-bond donors (Lipinski definition) is 1. The van der Waals surface area contributed by atoms with Gasteiger partial charge in [0.2, 0.25) is 5.88 Å². The summed E-state index contributed by atoms with van der Waals surface area (Å²) < 4.78 is 6.25. The first-order valence-corrected chi connectivity index (χ1v) is 10.9. The molecule has 0 aliphatic carbocycles. The van der Waals surface area contributed by atoms with Crippen LogP contribution < -0.4 is 15.5 Å². The predicted octanol–water partition coefficient (Wildman–Crippen LogP) is 2.23. The number of rotatable bonds is 2. The fourth-order valence-electron chi connectivity index (χ4n) is 4.74. The topological polar surface area (TPSA) is 75.0 Å². The molecule has 0 saturated carbocycles. The van der Waals surface area contributed by atoms with Crippen molar-refractivity contribution in [2.75, 3.05) is 18.0 Å². The fraction of sp³-hybridized carbons (Fsp3) is 0.261.